The van der Waals surface area contributed by atoms with Crippen LogP contribution >= 0.6 is 11.3 Å². The lowest BCUT2D eigenvalue weighted by Crippen LogP contribution is -2.22. The fourth-order valence-corrected chi connectivity index (χ4v) is 3.06. The minimum Gasteiger partial charge on any atom is -0.486 e. The molecule has 0 saturated carbocycles. The Bertz CT molecular complexity index is 807. The van der Waals surface area contributed by atoms with E-state index in [0.29, 0.717) is 29.5 Å². The molecule has 2 heterocycles. The predicted octanol–water partition coefficient (Wildman–Crippen LogP) is 3.86. The molecule has 1 N–H and O–H groups in total. The molecule has 0 aliphatic carbocycles. The molecule has 6 heteroatoms. The molecule has 24 heavy (non-hydrogen) atoms. The Kier molecular flexibility index (Phi) is 4.96. The number of aromatic nitrogens is 1. The SMILES string of the molecule is Cc1ccc(OCc2nc(C)c(C(=O)NCc3ccco3)s2)cc1. The Labute approximate surface area is 144 Å². The Hall–Kier alpha value is -2.60. The van der Waals surface area contributed by atoms with Crippen molar-refractivity contribution in [3.05, 3.63) is 69.6 Å². The van der Waals surface area contributed by atoms with Gasteiger partial charge in [0, 0.05) is 0 Å². The lowest BCUT2D eigenvalue weighted by Gasteiger charge is -2.03. The van der Waals surface area contributed by atoms with Gasteiger partial charge >= 0.3 is 0 Å². The summed E-state index contributed by atoms with van der Waals surface area (Å²) < 4.78 is 10.9. The fourth-order valence-electron chi connectivity index (χ4n) is 2.17. The van der Waals surface area contributed by atoms with Gasteiger partial charge in [-0.25, -0.2) is 4.98 Å². The number of ether oxygens (including phenoxy) is 1. The van der Waals surface area contributed by atoms with Crippen molar-refractivity contribution < 1.29 is 13.9 Å². The van der Waals surface area contributed by atoms with Gasteiger partial charge in [-0.15, -0.1) is 11.3 Å². The first-order valence-corrected chi connectivity index (χ1v) is 8.40. The van der Waals surface area contributed by atoms with Crippen LogP contribution in [0.25, 0.3) is 0 Å². The van der Waals surface area contributed by atoms with Crippen molar-refractivity contribution in [2.45, 2.75) is 27.0 Å². The molecule has 3 rings (SSSR count). The number of rotatable bonds is 6. The number of hydrogen-bond donors (Lipinski definition) is 1. The summed E-state index contributed by atoms with van der Waals surface area (Å²) in [4.78, 5) is 17.3. The van der Waals surface area contributed by atoms with Crippen molar-refractivity contribution in [2.24, 2.45) is 0 Å². The van der Waals surface area contributed by atoms with Crippen LogP contribution in [0, 0.1) is 13.8 Å². The lowest BCUT2D eigenvalue weighted by atomic mass is 10.2. The second kappa shape index (κ2) is 7.31. The first kappa shape index (κ1) is 16.3. The van der Waals surface area contributed by atoms with Crippen molar-refractivity contribution in [1.29, 1.82) is 0 Å². The number of carbonyl (C=O) groups is 1. The van der Waals surface area contributed by atoms with Crippen molar-refractivity contribution in [3.63, 3.8) is 0 Å². The van der Waals surface area contributed by atoms with Crippen LogP contribution in [0.5, 0.6) is 5.75 Å². The van der Waals surface area contributed by atoms with Crippen LogP contribution in [-0.4, -0.2) is 10.9 Å². The minimum atomic E-state index is -0.150. The highest BCUT2D eigenvalue weighted by Crippen LogP contribution is 2.20. The van der Waals surface area contributed by atoms with E-state index in [-0.39, 0.29) is 5.91 Å². The topological polar surface area (TPSA) is 64.4 Å². The first-order valence-electron chi connectivity index (χ1n) is 7.58. The van der Waals surface area contributed by atoms with Crippen molar-refractivity contribution in [2.75, 3.05) is 0 Å². The van der Waals surface area contributed by atoms with E-state index in [1.165, 1.54) is 16.9 Å². The summed E-state index contributed by atoms with van der Waals surface area (Å²) in [5.74, 6) is 1.36. The smallest absolute Gasteiger partial charge is 0.263 e. The van der Waals surface area contributed by atoms with Gasteiger partial charge in [0.15, 0.2) is 0 Å². The number of aryl methyl sites for hydroxylation is 2. The van der Waals surface area contributed by atoms with Crippen molar-refractivity contribution >= 4 is 17.2 Å². The number of carbonyl (C=O) groups excluding carboxylic acids is 1. The van der Waals surface area contributed by atoms with Gasteiger partial charge in [-0.1, -0.05) is 17.7 Å². The van der Waals surface area contributed by atoms with E-state index in [4.69, 9.17) is 9.15 Å². The van der Waals surface area contributed by atoms with Crippen LogP contribution in [-0.2, 0) is 13.2 Å². The third kappa shape index (κ3) is 4.02. The highest BCUT2D eigenvalue weighted by atomic mass is 32.1. The average molecular weight is 342 g/mol. The molecule has 5 nitrogen and oxygen atoms in total. The van der Waals surface area contributed by atoms with Crippen LogP contribution in [0.1, 0.15) is 31.7 Å². The van der Waals surface area contributed by atoms with Gasteiger partial charge < -0.3 is 14.5 Å². The Balaban J connectivity index is 1.59. The van der Waals surface area contributed by atoms with Gasteiger partial charge in [-0.2, -0.15) is 0 Å². The molecule has 0 unspecified atom stereocenters. The Morgan fingerprint density at radius 1 is 1.25 bits per heavy atom. The third-order valence-corrected chi connectivity index (χ3v) is 4.56. The predicted molar refractivity (Wildman–Crippen MR) is 92.2 cm³/mol. The number of thiazole rings is 1. The molecular formula is C18H18N2O3S. The second-order valence-corrected chi connectivity index (χ2v) is 6.47. The molecule has 0 spiro atoms. The Morgan fingerprint density at radius 3 is 2.75 bits per heavy atom. The number of hydrogen-bond acceptors (Lipinski definition) is 5. The van der Waals surface area contributed by atoms with Gasteiger partial charge in [-0.3, -0.25) is 4.79 Å². The van der Waals surface area contributed by atoms with E-state index in [1.807, 2.05) is 44.2 Å². The zero-order chi connectivity index (χ0) is 16.9. The standard InChI is InChI=1S/C18H18N2O3S/c1-12-5-7-14(8-6-12)23-11-16-20-13(2)17(24-16)18(21)19-10-15-4-3-9-22-15/h3-9H,10-11H2,1-2H3,(H,19,21). The van der Waals surface area contributed by atoms with Crippen LogP contribution in [0.15, 0.2) is 47.1 Å². The molecule has 0 saturated heterocycles. The lowest BCUT2D eigenvalue weighted by molar-refractivity contribution is 0.0951. The van der Waals surface area contributed by atoms with Gasteiger partial charge in [0.05, 0.1) is 18.5 Å². The zero-order valence-corrected chi connectivity index (χ0v) is 14.4. The molecule has 1 aromatic carbocycles. The highest BCUT2D eigenvalue weighted by molar-refractivity contribution is 7.13. The monoisotopic (exact) mass is 342 g/mol. The van der Waals surface area contributed by atoms with Gasteiger partial charge in [0.25, 0.3) is 5.91 Å². The Morgan fingerprint density at radius 2 is 2.04 bits per heavy atom. The molecule has 0 bridgehead atoms. The fraction of sp³-hybridized carbons (Fsp3) is 0.222. The van der Waals surface area contributed by atoms with Gasteiger partial charge in [0.1, 0.15) is 28.0 Å². The minimum absolute atomic E-state index is 0.150. The summed E-state index contributed by atoms with van der Waals surface area (Å²) in [5, 5.41) is 3.61. The molecule has 3 aromatic rings. The molecule has 2 aromatic heterocycles. The summed E-state index contributed by atoms with van der Waals surface area (Å²) in [6.07, 6.45) is 1.58. The van der Waals surface area contributed by atoms with Crippen LogP contribution in [0.4, 0.5) is 0 Å². The molecule has 1 amide bonds. The first-order chi connectivity index (χ1) is 11.6. The average Bonchev–Trinajstić information content (AvgIpc) is 3.22. The molecule has 0 atom stereocenters. The molecule has 124 valence electrons. The third-order valence-electron chi connectivity index (χ3n) is 3.43. The maximum absolute atomic E-state index is 12.3. The van der Waals surface area contributed by atoms with Gasteiger partial charge in [0.2, 0.25) is 0 Å². The normalized spacial score (nSPS) is 10.6. The second-order valence-electron chi connectivity index (χ2n) is 5.39. The summed E-state index contributed by atoms with van der Waals surface area (Å²) >= 11 is 1.35. The van der Waals surface area contributed by atoms with Gasteiger partial charge in [-0.05, 0) is 38.1 Å². The van der Waals surface area contributed by atoms with E-state index in [9.17, 15) is 4.79 Å². The van der Waals surface area contributed by atoms with E-state index in [2.05, 4.69) is 10.3 Å². The van der Waals surface area contributed by atoms with Crippen LogP contribution in [0.3, 0.4) is 0 Å². The molecule has 0 aliphatic heterocycles. The maximum atomic E-state index is 12.3. The van der Waals surface area contributed by atoms with Crippen molar-refractivity contribution in [1.82, 2.24) is 10.3 Å². The number of nitrogens with zero attached hydrogens (tertiary/aromatic N) is 1. The summed E-state index contributed by atoms with van der Waals surface area (Å²) in [7, 11) is 0. The molecule has 0 fully saturated rings. The quantitative estimate of drug-likeness (QED) is 0.739. The van der Waals surface area contributed by atoms with E-state index < -0.39 is 0 Å². The number of furan rings is 1. The number of nitrogens with one attached hydrogen (secondary N) is 1. The number of benzene rings is 1. The summed E-state index contributed by atoms with van der Waals surface area (Å²) in [5.41, 5.74) is 1.89. The molecule has 0 aliphatic rings. The zero-order valence-electron chi connectivity index (χ0n) is 13.5. The van der Waals surface area contributed by atoms with Crippen LogP contribution < -0.4 is 10.1 Å². The van der Waals surface area contributed by atoms with E-state index in [0.717, 1.165) is 10.8 Å². The highest BCUT2D eigenvalue weighted by Gasteiger charge is 2.15. The molecular weight excluding hydrogens is 324 g/mol. The van der Waals surface area contributed by atoms with Crippen molar-refractivity contribution in [3.8, 4) is 5.75 Å². The largest absolute Gasteiger partial charge is 0.486 e. The summed E-state index contributed by atoms with van der Waals surface area (Å²) in [6.45, 7) is 4.56. The summed E-state index contributed by atoms with van der Waals surface area (Å²) in [6, 6.07) is 11.5. The van der Waals surface area contributed by atoms with E-state index in [1.54, 1.807) is 12.3 Å². The van der Waals surface area contributed by atoms with E-state index >= 15 is 0 Å². The number of amides is 1. The molecule has 0 radical (unpaired) electrons. The maximum Gasteiger partial charge on any atom is 0.263 e. The van der Waals surface area contributed by atoms with Crippen LogP contribution in [0.2, 0.25) is 0 Å².